The van der Waals surface area contributed by atoms with E-state index in [1.165, 1.54) is 0 Å². The number of rotatable bonds is 3. The highest BCUT2D eigenvalue weighted by Gasteiger charge is 2.26. The molecular formula is C16H18N4O3S. The molecule has 1 aromatic heterocycles. The summed E-state index contributed by atoms with van der Waals surface area (Å²) in [5.74, 6) is -0.125. The highest BCUT2D eigenvalue weighted by molar-refractivity contribution is 7.11. The quantitative estimate of drug-likeness (QED) is 0.895. The third-order valence-electron chi connectivity index (χ3n) is 3.63. The molecule has 7 nitrogen and oxygen atoms in total. The molecule has 126 valence electrons. The number of aromatic nitrogens is 1. The molecule has 2 aromatic rings. The lowest BCUT2D eigenvalue weighted by Crippen LogP contribution is -2.41. The first-order valence-electron chi connectivity index (χ1n) is 7.61. The van der Waals surface area contributed by atoms with E-state index in [-0.39, 0.29) is 5.91 Å². The number of nitrogens with zero attached hydrogens (tertiary/aromatic N) is 2. The van der Waals surface area contributed by atoms with Crippen molar-refractivity contribution in [2.45, 2.75) is 6.92 Å². The topological polar surface area (TPSA) is 83.6 Å². The van der Waals surface area contributed by atoms with E-state index in [1.807, 2.05) is 18.2 Å². The first-order chi connectivity index (χ1) is 11.6. The Morgan fingerprint density at radius 3 is 2.58 bits per heavy atom. The van der Waals surface area contributed by atoms with E-state index < -0.39 is 6.03 Å². The Hall–Kier alpha value is -2.45. The maximum Gasteiger partial charge on any atom is 0.324 e. The highest BCUT2D eigenvalue weighted by atomic mass is 32.1. The molecule has 1 saturated heterocycles. The normalized spacial score (nSPS) is 14.3. The molecule has 0 unspecified atom stereocenters. The zero-order valence-corrected chi connectivity index (χ0v) is 14.1. The first-order valence-corrected chi connectivity index (χ1v) is 8.39. The maximum atomic E-state index is 12.7. The Kier molecular flexibility index (Phi) is 5.07. The molecule has 2 heterocycles. The Morgan fingerprint density at radius 1 is 1.17 bits per heavy atom. The van der Waals surface area contributed by atoms with Gasteiger partial charge in [-0.2, -0.15) is 4.37 Å². The monoisotopic (exact) mass is 346 g/mol. The summed E-state index contributed by atoms with van der Waals surface area (Å²) in [6.45, 7) is 3.91. The lowest BCUT2D eigenvalue weighted by molar-refractivity contribution is 0.0303. The van der Waals surface area contributed by atoms with Crippen LogP contribution in [-0.2, 0) is 4.74 Å². The molecule has 0 saturated carbocycles. The van der Waals surface area contributed by atoms with E-state index >= 15 is 0 Å². The van der Waals surface area contributed by atoms with Gasteiger partial charge >= 0.3 is 6.03 Å². The second-order valence-electron chi connectivity index (χ2n) is 5.32. The van der Waals surface area contributed by atoms with Gasteiger partial charge in [-0.3, -0.25) is 10.1 Å². The summed E-state index contributed by atoms with van der Waals surface area (Å²) in [5, 5.41) is 5.91. The number of carbonyl (C=O) groups is 2. The largest absolute Gasteiger partial charge is 0.378 e. The zero-order chi connectivity index (χ0) is 16.9. The molecule has 1 aromatic carbocycles. The Balaban J connectivity index is 1.72. The summed E-state index contributed by atoms with van der Waals surface area (Å²) in [7, 11) is 0. The van der Waals surface area contributed by atoms with Crippen LogP contribution in [-0.4, -0.2) is 47.5 Å². The Labute approximate surface area is 143 Å². The number of urea groups is 1. The molecular weight excluding hydrogens is 328 g/mol. The van der Waals surface area contributed by atoms with Gasteiger partial charge in [0, 0.05) is 18.8 Å². The van der Waals surface area contributed by atoms with Crippen LogP contribution < -0.4 is 10.6 Å². The summed E-state index contributed by atoms with van der Waals surface area (Å²) >= 11 is 1.11. The number of amides is 3. The second kappa shape index (κ2) is 7.41. The van der Waals surface area contributed by atoms with Crippen molar-refractivity contribution in [3.05, 3.63) is 41.6 Å². The van der Waals surface area contributed by atoms with Crippen LogP contribution in [0.25, 0.3) is 0 Å². The molecule has 3 rings (SSSR count). The van der Waals surface area contributed by atoms with Crippen molar-refractivity contribution in [3.8, 4) is 0 Å². The van der Waals surface area contributed by atoms with Crippen LogP contribution in [0.4, 0.5) is 15.5 Å². The summed E-state index contributed by atoms with van der Waals surface area (Å²) in [4.78, 5) is 26.6. The van der Waals surface area contributed by atoms with Gasteiger partial charge in [0.25, 0.3) is 5.91 Å². The van der Waals surface area contributed by atoms with Gasteiger partial charge in [0.05, 0.1) is 24.5 Å². The smallest absolute Gasteiger partial charge is 0.324 e. The van der Waals surface area contributed by atoms with Crippen molar-refractivity contribution in [1.82, 2.24) is 9.27 Å². The van der Waals surface area contributed by atoms with Gasteiger partial charge in [0.2, 0.25) is 0 Å². The molecule has 8 heteroatoms. The lowest BCUT2D eigenvalue weighted by Gasteiger charge is -2.27. The van der Waals surface area contributed by atoms with Gasteiger partial charge in [-0.1, -0.05) is 18.2 Å². The van der Waals surface area contributed by atoms with Crippen molar-refractivity contribution in [3.63, 3.8) is 0 Å². The Morgan fingerprint density at radius 2 is 1.88 bits per heavy atom. The zero-order valence-electron chi connectivity index (χ0n) is 13.2. The van der Waals surface area contributed by atoms with Crippen LogP contribution in [0.15, 0.2) is 30.3 Å². The number of nitrogens with one attached hydrogen (secondary N) is 2. The van der Waals surface area contributed by atoms with Crippen molar-refractivity contribution in [2.75, 3.05) is 36.9 Å². The molecule has 0 aliphatic carbocycles. The number of morpholine rings is 1. The average molecular weight is 346 g/mol. The molecule has 1 aliphatic rings. The summed E-state index contributed by atoms with van der Waals surface area (Å²) in [6.07, 6.45) is 0. The van der Waals surface area contributed by atoms with Crippen LogP contribution in [0.2, 0.25) is 0 Å². The minimum Gasteiger partial charge on any atom is -0.378 e. The predicted octanol–water partition coefficient (Wildman–Crippen LogP) is 2.57. The van der Waals surface area contributed by atoms with Gasteiger partial charge in [-0.15, -0.1) is 0 Å². The standard InChI is InChI=1S/C16H18N4O3S/c1-11-13(15(21)20-7-9-23-10-8-20)14(24-19-11)18-16(22)17-12-5-3-2-4-6-12/h2-6H,7-10H2,1H3,(H2,17,18,22). The van der Waals surface area contributed by atoms with E-state index in [0.29, 0.717) is 48.2 Å². The SMILES string of the molecule is Cc1nsc(NC(=O)Nc2ccccc2)c1C(=O)N1CCOCC1. The molecule has 0 bridgehead atoms. The van der Waals surface area contributed by atoms with E-state index in [2.05, 4.69) is 15.0 Å². The molecule has 0 spiro atoms. The van der Waals surface area contributed by atoms with Crippen LogP contribution in [0.1, 0.15) is 16.1 Å². The number of hydrogen-bond donors (Lipinski definition) is 2. The van der Waals surface area contributed by atoms with Crippen LogP contribution in [0.3, 0.4) is 0 Å². The van der Waals surface area contributed by atoms with Crippen molar-refractivity contribution in [2.24, 2.45) is 0 Å². The van der Waals surface area contributed by atoms with Crippen LogP contribution in [0, 0.1) is 6.92 Å². The number of hydrogen-bond acceptors (Lipinski definition) is 5. The molecule has 1 aliphatic heterocycles. The minimum atomic E-state index is -0.402. The fourth-order valence-corrected chi connectivity index (χ4v) is 3.20. The minimum absolute atomic E-state index is 0.125. The first kappa shape index (κ1) is 16.4. The summed E-state index contributed by atoms with van der Waals surface area (Å²) in [6, 6.07) is 8.71. The van der Waals surface area contributed by atoms with Crippen molar-refractivity contribution < 1.29 is 14.3 Å². The van der Waals surface area contributed by atoms with E-state index in [4.69, 9.17) is 4.74 Å². The number of anilines is 2. The van der Waals surface area contributed by atoms with Crippen LogP contribution >= 0.6 is 11.5 Å². The van der Waals surface area contributed by atoms with E-state index in [9.17, 15) is 9.59 Å². The summed E-state index contributed by atoms with van der Waals surface area (Å²) in [5.41, 5.74) is 1.74. The van der Waals surface area contributed by atoms with Crippen molar-refractivity contribution in [1.29, 1.82) is 0 Å². The van der Waals surface area contributed by atoms with E-state index in [0.717, 1.165) is 11.5 Å². The van der Waals surface area contributed by atoms with Gasteiger partial charge in [0.15, 0.2) is 0 Å². The third kappa shape index (κ3) is 3.72. The molecule has 1 fully saturated rings. The third-order valence-corrected chi connectivity index (χ3v) is 4.49. The number of ether oxygens (including phenoxy) is 1. The molecule has 24 heavy (non-hydrogen) atoms. The number of para-hydroxylation sites is 1. The van der Waals surface area contributed by atoms with Crippen molar-refractivity contribution >= 4 is 34.2 Å². The van der Waals surface area contributed by atoms with Gasteiger partial charge in [0.1, 0.15) is 5.00 Å². The second-order valence-corrected chi connectivity index (χ2v) is 6.10. The number of benzene rings is 1. The van der Waals surface area contributed by atoms with Crippen LogP contribution in [0.5, 0.6) is 0 Å². The average Bonchev–Trinajstić information content (AvgIpc) is 2.96. The predicted molar refractivity (Wildman–Crippen MR) is 92.7 cm³/mol. The lowest BCUT2D eigenvalue weighted by atomic mass is 10.2. The fraction of sp³-hybridized carbons (Fsp3) is 0.312. The molecule has 2 N–H and O–H groups in total. The van der Waals surface area contributed by atoms with Gasteiger partial charge in [-0.25, -0.2) is 4.79 Å². The Bertz CT molecular complexity index is 726. The number of aryl methyl sites for hydroxylation is 1. The summed E-state index contributed by atoms with van der Waals surface area (Å²) < 4.78 is 9.49. The van der Waals surface area contributed by atoms with Gasteiger partial charge < -0.3 is 15.0 Å². The molecule has 0 radical (unpaired) electrons. The highest BCUT2D eigenvalue weighted by Crippen LogP contribution is 2.26. The molecule has 0 atom stereocenters. The van der Waals surface area contributed by atoms with Gasteiger partial charge in [-0.05, 0) is 30.6 Å². The fourth-order valence-electron chi connectivity index (χ4n) is 2.42. The number of carbonyl (C=O) groups excluding carboxylic acids is 2. The van der Waals surface area contributed by atoms with E-state index in [1.54, 1.807) is 24.0 Å². The molecule has 3 amide bonds. The maximum absolute atomic E-state index is 12.7.